The molecule has 1 N–H and O–H groups in total. The fourth-order valence-corrected chi connectivity index (χ4v) is 3.73. The van der Waals surface area contributed by atoms with Gasteiger partial charge in [0.2, 0.25) is 11.8 Å². The van der Waals surface area contributed by atoms with Gasteiger partial charge in [0.15, 0.2) is 0 Å². The number of carboxylic acid groups (broad SMARTS) is 1. The number of piperidine rings is 1. The lowest BCUT2D eigenvalue weighted by atomic mass is 9.84. The molecule has 0 aliphatic carbocycles. The molecule has 1 aliphatic heterocycles. The van der Waals surface area contributed by atoms with Crippen LogP contribution in [0.15, 0.2) is 36.7 Å². The predicted octanol–water partition coefficient (Wildman–Crippen LogP) is 1.69. The lowest BCUT2D eigenvalue weighted by Crippen LogP contribution is -2.46. The van der Waals surface area contributed by atoms with Gasteiger partial charge in [0.1, 0.15) is 0 Å². The molecule has 2 amide bonds. The van der Waals surface area contributed by atoms with Crippen LogP contribution in [0, 0.1) is 5.92 Å². The maximum absolute atomic E-state index is 13.2. The first-order valence-electron chi connectivity index (χ1n) is 9.09. The fourth-order valence-electron chi connectivity index (χ4n) is 3.73. The zero-order valence-electron chi connectivity index (χ0n) is 16.2. The summed E-state index contributed by atoms with van der Waals surface area (Å²) in [6, 6.07) is 6.13. The number of hydrogen-bond acceptors (Lipinski definition) is 4. The van der Waals surface area contributed by atoms with Gasteiger partial charge in [-0.1, -0.05) is 12.1 Å². The van der Waals surface area contributed by atoms with E-state index in [-0.39, 0.29) is 29.3 Å². The summed E-state index contributed by atoms with van der Waals surface area (Å²) in [5.74, 6) is -1.36. The molecule has 0 radical (unpaired) electrons. The fraction of sp³-hybridized carbons (Fsp3) is 0.400. The number of nitrogens with zero attached hydrogens (tertiary/aromatic N) is 4. The van der Waals surface area contributed by atoms with Crippen LogP contribution in [-0.2, 0) is 23.2 Å². The van der Waals surface area contributed by atoms with Crippen molar-refractivity contribution < 1.29 is 19.5 Å². The zero-order chi connectivity index (χ0) is 20.4. The number of aromatic carboxylic acids is 1. The first-order chi connectivity index (χ1) is 13.3. The molecule has 28 heavy (non-hydrogen) atoms. The molecule has 2 atom stereocenters. The second-order valence-electron chi connectivity index (χ2n) is 7.24. The average Bonchev–Trinajstić information content (AvgIpc) is 3.09. The van der Waals surface area contributed by atoms with Crippen molar-refractivity contribution in [1.82, 2.24) is 19.6 Å². The first-order valence-corrected chi connectivity index (χ1v) is 9.09. The summed E-state index contributed by atoms with van der Waals surface area (Å²) in [5, 5.41) is 13.2. The minimum absolute atomic E-state index is 0.0183. The summed E-state index contributed by atoms with van der Waals surface area (Å²) in [7, 11) is 5.26. The molecule has 1 aromatic heterocycles. The molecule has 1 fully saturated rings. The lowest BCUT2D eigenvalue weighted by Gasteiger charge is -2.39. The smallest absolute Gasteiger partial charge is 0.335 e. The van der Waals surface area contributed by atoms with Gasteiger partial charge in [0, 0.05) is 45.9 Å². The molecule has 2 aromatic rings. The number of likely N-dealkylation sites (tertiary alicyclic amines) is 1. The minimum Gasteiger partial charge on any atom is -0.478 e. The number of rotatable bonds is 5. The largest absolute Gasteiger partial charge is 0.478 e. The Morgan fingerprint density at radius 1 is 1.25 bits per heavy atom. The van der Waals surface area contributed by atoms with Gasteiger partial charge in [-0.05, 0) is 24.1 Å². The van der Waals surface area contributed by atoms with Crippen molar-refractivity contribution in [2.75, 3.05) is 14.1 Å². The van der Waals surface area contributed by atoms with Gasteiger partial charge in [-0.2, -0.15) is 5.10 Å². The van der Waals surface area contributed by atoms with Gasteiger partial charge >= 0.3 is 5.97 Å². The molecule has 8 nitrogen and oxygen atoms in total. The molecule has 0 spiro atoms. The normalized spacial score (nSPS) is 19.5. The van der Waals surface area contributed by atoms with Crippen molar-refractivity contribution in [3.05, 3.63) is 53.3 Å². The van der Waals surface area contributed by atoms with E-state index in [9.17, 15) is 14.4 Å². The second kappa shape index (κ2) is 7.84. The van der Waals surface area contributed by atoms with Gasteiger partial charge in [-0.3, -0.25) is 14.3 Å². The Balaban J connectivity index is 1.78. The number of carbonyl (C=O) groups is 3. The maximum atomic E-state index is 13.2. The van der Waals surface area contributed by atoms with Crippen LogP contribution >= 0.6 is 0 Å². The van der Waals surface area contributed by atoms with Gasteiger partial charge < -0.3 is 14.9 Å². The number of hydrogen-bond donors (Lipinski definition) is 1. The van der Waals surface area contributed by atoms with E-state index in [1.165, 1.54) is 12.1 Å². The molecule has 148 valence electrons. The summed E-state index contributed by atoms with van der Waals surface area (Å²) in [5.41, 5.74) is 1.90. The van der Waals surface area contributed by atoms with Crippen molar-refractivity contribution in [1.29, 1.82) is 0 Å². The van der Waals surface area contributed by atoms with Gasteiger partial charge in [-0.25, -0.2) is 4.79 Å². The van der Waals surface area contributed by atoms with Crippen LogP contribution in [0.2, 0.25) is 0 Å². The zero-order valence-corrected chi connectivity index (χ0v) is 16.2. The average molecular weight is 384 g/mol. The molecule has 1 aliphatic rings. The van der Waals surface area contributed by atoms with E-state index in [4.69, 9.17) is 5.11 Å². The molecule has 0 unspecified atom stereocenters. The SMILES string of the molecule is CN(Cc1ccc(C(=O)O)cc1)C(=O)[C@H]1CCC(=O)N(C)[C@@H]1c1cnn(C)c1. The van der Waals surface area contributed by atoms with Gasteiger partial charge in [-0.15, -0.1) is 0 Å². The molecule has 3 rings (SSSR count). The van der Waals surface area contributed by atoms with Crippen LogP contribution in [-0.4, -0.2) is 56.6 Å². The highest BCUT2D eigenvalue weighted by Gasteiger charge is 2.40. The number of benzene rings is 1. The molecule has 1 aromatic carbocycles. The van der Waals surface area contributed by atoms with Crippen molar-refractivity contribution in [2.24, 2.45) is 13.0 Å². The van der Waals surface area contributed by atoms with Crippen molar-refractivity contribution in [3.63, 3.8) is 0 Å². The Kier molecular flexibility index (Phi) is 5.48. The van der Waals surface area contributed by atoms with E-state index in [0.29, 0.717) is 19.4 Å². The Morgan fingerprint density at radius 2 is 1.93 bits per heavy atom. The van der Waals surface area contributed by atoms with Crippen molar-refractivity contribution in [2.45, 2.75) is 25.4 Å². The number of aromatic nitrogens is 2. The number of amides is 2. The van der Waals surface area contributed by atoms with Crippen LogP contribution in [0.4, 0.5) is 0 Å². The third-order valence-corrected chi connectivity index (χ3v) is 5.24. The Morgan fingerprint density at radius 3 is 2.50 bits per heavy atom. The number of carbonyl (C=O) groups excluding carboxylic acids is 2. The van der Waals surface area contributed by atoms with Crippen LogP contribution in [0.3, 0.4) is 0 Å². The summed E-state index contributed by atoms with van der Waals surface area (Å²) < 4.78 is 1.66. The van der Waals surface area contributed by atoms with Crippen molar-refractivity contribution in [3.8, 4) is 0 Å². The number of carboxylic acids is 1. The maximum Gasteiger partial charge on any atom is 0.335 e. The highest BCUT2D eigenvalue weighted by molar-refractivity contribution is 5.87. The molecular weight excluding hydrogens is 360 g/mol. The third-order valence-electron chi connectivity index (χ3n) is 5.24. The quantitative estimate of drug-likeness (QED) is 0.846. The first kappa shape index (κ1) is 19.6. The van der Waals surface area contributed by atoms with E-state index in [0.717, 1.165) is 11.1 Å². The molecule has 1 saturated heterocycles. The Hall–Kier alpha value is -3.16. The van der Waals surface area contributed by atoms with Crippen LogP contribution < -0.4 is 0 Å². The lowest BCUT2D eigenvalue weighted by molar-refractivity contribution is -0.146. The number of aryl methyl sites for hydroxylation is 1. The summed E-state index contributed by atoms with van der Waals surface area (Å²) in [6.07, 6.45) is 4.37. The Bertz CT molecular complexity index is 890. The van der Waals surface area contributed by atoms with E-state index in [1.54, 1.807) is 54.0 Å². The monoisotopic (exact) mass is 384 g/mol. The predicted molar refractivity (Wildman–Crippen MR) is 101 cm³/mol. The highest BCUT2D eigenvalue weighted by Crippen LogP contribution is 2.36. The standard InChI is InChI=1S/C20H24N4O4/c1-22(11-13-4-6-14(7-5-13)20(27)28)19(26)16-8-9-17(25)24(3)18(16)15-10-21-23(2)12-15/h4-7,10,12,16,18H,8-9,11H2,1-3H3,(H,27,28)/t16-,18+/m0/s1. The topological polar surface area (TPSA) is 95.7 Å². The molecule has 0 saturated carbocycles. The van der Waals surface area contributed by atoms with E-state index in [1.807, 2.05) is 6.20 Å². The molecule has 8 heteroatoms. The van der Waals surface area contributed by atoms with Gasteiger partial charge in [0.05, 0.1) is 23.7 Å². The minimum atomic E-state index is -0.981. The summed E-state index contributed by atoms with van der Waals surface area (Å²) in [4.78, 5) is 39.7. The summed E-state index contributed by atoms with van der Waals surface area (Å²) in [6.45, 7) is 0.368. The second-order valence-corrected chi connectivity index (χ2v) is 7.24. The van der Waals surface area contributed by atoms with Gasteiger partial charge in [0.25, 0.3) is 0 Å². The van der Waals surface area contributed by atoms with Crippen LogP contribution in [0.25, 0.3) is 0 Å². The third kappa shape index (κ3) is 3.90. The van der Waals surface area contributed by atoms with Crippen LogP contribution in [0.1, 0.15) is 40.4 Å². The Labute approximate surface area is 163 Å². The summed E-state index contributed by atoms with van der Waals surface area (Å²) >= 11 is 0. The van der Waals surface area contributed by atoms with Crippen LogP contribution in [0.5, 0.6) is 0 Å². The molecule has 0 bridgehead atoms. The molecule has 2 heterocycles. The molecular formula is C20H24N4O4. The van der Waals surface area contributed by atoms with E-state index < -0.39 is 5.97 Å². The van der Waals surface area contributed by atoms with Crippen molar-refractivity contribution >= 4 is 17.8 Å². The highest BCUT2D eigenvalue weighted by atomic mass is 16.4. The van der Waals surface area contributed by atoms with E-state index >= 15 is 0 Å². The van der Waals surface area contributed by atoms with E-state index in [2.05, 4.69) is 5.10 Å².